The number of methoxy groups -OCH3 is 1. The lowest BCUT2D eigenvalue weighted by Gasteiger charge is -2.26. The SMILES string of the molecule is COc1ccc(CCn2nc3n(c2=O)[C@H](C(=O)OC(C)(C)C)CCC3)cc1. The van der Waals surface area contributed by atoms with Crippen molar-refractivity contribution < 1.29 is 14.3 Å². The van der Waals surface area contributed by atoms with Crippen molar-refractivity contribution in [3.05, 3.63) is 46.1 Å². The predicted octanol–water partition coefficient (Wildman–Crippen LogP) is 2.52. The number of aromatic nitrogens is 3. The van der Waals surface area contributed by atoms with Crippen LogP contribution >= 0.6 is 0 Å². The van der Waals surface area contributed by atoms with Gasteiger partial charge in [0.15, 0.2) is 0 Å². The number of ether oxygens (including phenoxy) is 2. The van der Waals surface area contributed by atoms with Gasteiger partial charge in [0.05, 0.1) is 13.7 Å². The van der Waals surface area contributed by atoms with Crippen LogP contribution in [0.2, 0.25) is 0 Å². The van der Waals surface area contributed by atoms with Crippen molar-refractivity contribution in [2.24, 2.45) is 0 Å². The lowest BCUT2D eigenvalue weighted by molar-refractivity contribution is -0.159. The van der Waals surface area contributed by atoms with Crippen LogP contribution in [-0.4, -0.2) is 33.0 Å². The maximum atomic E-state index is 12.9. The second-order valence-corrected chi connectivity index (χ2v) is 7.83. The van der Waals surface area contributed by atoms with E-state index < -0.39 is 11.6 Å². The molecule has 2 aromatic rings. The average molecular weight is 373 g/mol. The highest BCUT2D eigenvalue weighted by molar-refractivity contribution is 5.74. The van der Waals surface area contributed by atoms with Crippen molar-refractivity contribution >= 4 is 5.97 Å². The second kappa shape index (κ2) is 7.58. The summed E-state index contributed by atoms with van der Waals surface area (Å²) in [5.74, 6) is 1.10. The Bertz CT molecular complexity index is 859. The maximum absolute atomic E-state index is 12.9. The Hall–Kier alpha value is -2.57. The van der Waals surface area contributed by atoms with Crippen LogP contribution in [0, 0.1) is 0 Å². The minimum atomic E-state index is -0.588. The molecule has 0 fully saturated rings. The Morgan fingerprint density at radius 1 is 1.26 bits per heavy atom. The third kappa shape index (κ3) is 4.40. The first-order valence-electron chi connectivity index (χ1n) is 9.32. The monoisotopic (exact) mass is 373 g/mol. The zero-order chi connectivity index (χ0) is 19.6. The highest BCUT2D eigenvalue weighted by Gasteiger charge is 2.33. The molecule has 0 radical (unpaired) electrons. The Morgan fingerprint density at radius 3 is 2.59 bits per heavy atom. The molecule has 3 rings (SSSR count). The van der Waals surface area contributed by atoms with Crippen LogP contribution in [0.4, 0.5) is 0 Å². The molecule has 0 unspecified atom stereocenters. The summed E-state index contributed by atoms with van der Waals surface area (Å²) < 4.78 is 13.6. The molecule has 146 valence electrons. The van der Waals surface area contributed by atoms with Crippen LogP contribution in [0.1, 0.15) is 51.0 Å². The second-order valence-electron chi connectivity index (χ2n) is 7.83. The minimum absolute atomic E-state index is 0.242. The lowest BCUT2D eigenvalue weighted by atomic mass is 10.0. The van der Waals surface area contributed by atoms with E-state index in [1.165, 1.54) is 9.25 Å². The van der Waals surface area contributed by atoms with Crippen LogP contribution in [-0.2, 0) is 28.9 Å². The molecule has 0 saturated carbocycles. The van der Waals surface area contributed by atoms with Gasteiger partial charge in [-0.3, -0.25) is 4.57 Å². The van der Waals surface area contributed by atoms with Crippen molar-refractivity contribution in [2.75, 3.05) is 7.11 Å². The van der Waals surface area contributed by atoms with E-state index in [0.717, 1.165) is 17.7 Å². The van der Waals surface area contributed by atoms with Crippen LogP contribution in [0.25, 0.3) is 0 Å². The summed E-state index contributed by atoms with van der Waals surface area (Å²) in [6, 6.07) is 7.16. The molecule has 0 spiro atoms. The molecule has 7 heteroatoms. The molecule has 0 N–H and O–H groups in total. The van der Waals surface area contributed by atoms with E-state index in [1.54, 1.807) is 7.11 Å². The summed E-state index contributed by atoms with van der Waals surface area (Å²) in [4.78, 5) is 25.4. The third-order valence-electron chi connectivity index (χ3n) is 4.58. The number of aryl methyl sites for hydroxylation is 3. The number of carbonyl (C=O) groups is 1. The molecule has 1 aromatic carbocycles. The van der Waals surface area contributed by atoms with E-state index >= 15 is 0 Å². The Labute approximate surface area is 158 Å². The largest absolute Gasteiger partial charge is 0.497 e. The van der Waals surface area contributed by atoms with Gasteiger partial charge in [0.25, 0.3) is 0 Å². The van der Waals surface area contributed by atoms with Gasteiger partial charge in [-0.05, 0) is 57.7 Å². The van der Waals surface area contributed by atoms with E-state index in [4.69, 9.17) is 9.47 Å². The molecular formula is C20H27N3O4. The van der Waals surface area contributed by atoms with Gasteiger partial charge in [-0.2, -0.15) is 5.10 Å². The van der Waals surface area contributed by atoms with Crippen molar-refractivity contribution in [1.82, 2.24) is 14.3 Å². The molecule has 1 aliphatic heterocycles. The van der Waals surface area contributed by atoms with Crippen molar-refractivity contribution in [1.29, 1.82) is 0 Å². The summed E-state index contributed by atoms with van der Waals surface area (Å²) in [6.07, 6.45) is 2.80. The lowest BCUT2D eigenvalue weighted by Crippen LogP contribution is -2.38. The number of benzene rings is 1. The fraction of sp³-hybridized carbons (Fsp3) is 0.550. The Morgan fingerprint density at radius 2 is 1.96 bits per heavy atom. The standard InChI is InChI=1S/C20H27N3O4/c1-20(2,3)27-18(24)16-6-5-7-17-21-22(19(25)23(16)17)13-12-14-8-10-15(26-4)11-9-14/h8-11,16H,5-7,12-13H2,1-4H3/t16-/m0/s1. The molecular weight excluding hydrogens is 346 g/mol. The summed E-state index contributed by atoms with van der Waals surface area (Å²) in [5, 5.41) is 4.46. The quantitative estimate of drug-likeness (QED) is 0.753. The van der Waals surface area contributed by atoms with Gasteiger partial charge in [-0.1, -0.05) is 12.1 Å². The normalized spacial score (nSPS) is 16.7. The van der Waals surface area contributed by atoms with Gasteiger partial charge < -0.3 is 9.47 Å². The topological polar surface area (TPSA) is 75.4 Å². The van der Waals surface area contributed by atoms with E-state index in [-0.39, 0.29) is 11.7 Å². The molecule has 0 amide bonds. The molecule has 0 aliphatic carbocycles. The van der Waals surface area contributed by atoms with E-state index in [9.17, 15) is 9.59 Å². The maximum Gasteiger partial charge on any atom is 0.346 e. The van der Waals surface area contributed by atoms with Crippen molar-refractivity contribution in [2.45, 2.75) is 64.6 Å². The number of hydrogen-bond donors (Lipinski definition) is 0. The minimum Gasteiger partial charge on any atom is -0.497 e. The van der Waals surface area contributed by atoms with Gasteiger partial charge >= 0.3 is 11.7 Å². The van der Waals surface area contributed by atoms with Gasteiger partial charge in [-0.15, -0.1) is 0 Å². The number of carbonyl (C=O) groups excluding carboxylic acids is 1. The van der Waals surface area contributed by atoms with Crippen LogP contribution in [0.3, 0.4) is 0 Å². The molecule has 1 aromatic heterocycles. The van der Waals surface area contributed by atoms with Crippen molar-refractivity contribution in [3.8, 4) is 5.75 Å². The first-order chi connectivity index (χ1) is 12.8. The summed E-state index contributed by atoms with van der Waals surface area (Å²) in [5.41, 5.74) is 0.272. The number of hydrogen-bond acceptors (Lipinski definition) is 5. The van der Waals surface area contributed by atoms with Gasteiger partial charge in [0.1, 0.15) is 23.2 Å². The first-order valence-corrected chi connectivity index (χ1v) is 9.32. The number of fused-ring (bicyclic) bond motifs is 1. The van der Waals surface area contributed by atoms with Crippen LogP contribution in [0.5, 0.6) is 5.75 Å². The summed E-state index contributed by atoms with van der Waals surface area (Å²) >= 11 is 0. The Kier molecular flexibility index (Phi) is 5.39. The molecule has 0 saturated heterocycles. The first kappa shape index (κ1) is 19.2. The zero-order valence-corrected chi connectivity index (χ0v) is 16.4. The Balaban J connectivity index is 1.77. The van der Waals surface area contributed by atoms with Crippen molar-refractivity contribution in [3.63, 3.8) is 0 Å². The fourth-order valence-corrected chi connectivity index (χ4v) is 3.30. The number of esters is 1. The van der Waals surface area contributed by atoms with E-state index in [2.05, 4.69) is 5.10 Å². The molecule has 7 nitrogen and oxygen atoms in total. The van der Waals surface area contributed by atoms with Crippen LogP contribution in [0.15, 0.2) is 29.1 Å². The summed E-state index contributed by atoms with van der Waals surface area (Å²) in [7, 11) is 1.63. The van der Waals surface area contributed by atoms with Gasteiger partial charge in [-0.25, -0.2) is 14.3 Å². The van der Waals surface area contributed by atoms with Crippen LogP contribution < -0.4 is 10.4 Å². The predicted molar refractivity (Wildman–Crippen MR) is 101 cm³/mol. The molecule has 1 aliphatic rings. The summed E-state index contributed by atoms with van der Waals surface area (Å²) in [6.45, 7) is 5.95. The molecule has 1 atom stereocenters. The smallest absolute Gasteiger partial charge is 0.346 e. The van der Waals surface area contributed by atoms with E-state index in [1.807, 2.05) is 45.0 Å². The van der Waals surface area contributed by atoms with Gasteiger partial charge in [0.2, 0.25) is 0 Å². The molecule has 0 bridgehead atoms. The highest BCUT2D eigenvalue weighted by atomic mass is 16.6. The zero-order valence-electron chi connectivity index (χ0n) is 16.4. The number of nitrogens with zero attached hydrogens (tertiary/aromatic N) is 3. The average Bonchev–Trinajstić information content (AvgIpc) is 2.95. The molecule has 2 heterocycles. The highest BCUT2D eigenvalue weighted by Crippen LogP contribution is 2.25. The third-order valence-corrected chi connectivity index (χ3v) is 4.58. The fourth-order valence-electron chi connectivity index (χ4n) is 3.30. The number of rotatable bonds is 5. The van der Waals surface area contributed by atoms with Gasteiger partial charge in [0, 0.05) is 6.42 Å². The molecule has 27 heavy (non-hydrogen) atoms. The van der Waals surface area contributed by atoms with E-state index in [0.29, 0.717) is 31.6 Å².